The van der Waals surface area contributed by atoms with Crippen LogP contribution in [0.3, 0.4) is 0 Å². The molecule has 3 aromatic rings. The second-order valence-electron chi connectivity index (χ2n) is 7.03. The largest absolute Gasteiger partial charge is 0.396 e. The van der Waals surface area contributed by atoms with Gasteiger partial charge in [-0.3, -0.25) is 0 Å². The van der Waals surface area contributed by atoms with Crippen molar-refractivity contribution >= 4 is 16.9 Å². The smallest absolute Gasteiger partial charge is 0.142 e. The van der Waals surface area contributed by atoms with Crippen LogP contribution in [0.4, 0.5) is 14.6 Å². The zero-order chi connectivity index (χ0) is 18.1. The number of nitrogens with one attached hydrogen (secondary N) is 1. The molecule has 1 aliphatic rings. The SMILES string of the molecule is OCC1(Cc2ccc(F)cc2F)CCCN(c2ncnc3[nH]ccc23)C1. The van der Waals surface area contributed by atoms with Gasteiger partial charge in [0.25, 0.3) is 0 Å². The summed E-state index contributed by atoms with van der Waals surface area (Å²) < 4.78 is 27.3. The number of halogens is 2. The average molecular weight is 358 g/mol. The number of aliphatic hydroxyl groups is 1. The van der Waals surface area contributed by atoms with E-state index in [1.807, 2.05) is 12.3 Å². The lowest BCUT2D eigenvalue weighted by Crippen LogP contribution is -2.47. The van der Waals surface area contributed by atoms with Crippen LogP contribution < -0.4 is 4.90 Å². The van der Waals surface area contributed by atoms with E-state index < -0.39 is 17.0 Å². The van der Waals surface area contributed by atoms with E-state index in [0.717, 1.165) is 42.3 Å². The summed E-state index contributed by atoms with van der Waals surface area (Å²) in [5, 5.41) is 11.0. The van der Waals surface area contributed by atoms with Gasteiger partial charge in [0, 0.05) is 30.8 Å². The number of nitrogens with zero attached hydrogens (tertiary/aromatic N) is 3. The molecule has 0 saturated carbocycles. The highest BCUT2D eigenvalue weighted by Crippen LogP contribution is 2.37. The van der Waals surface area contributed by atoms with Crippen LogP contribution in [0.1, 0.15) is 18.4 Å². The third-order valence-electron chi connectivity index (χ3n) is 5.21. The van der Waals surface area contributed by atoms with E-state index in [-0.39, 0.29) is 6.61 Å². The standard InChI is InChI=1S/C19H20F2N4O/c20-14-3-2-13(16(21)8-14)9-19(11-26)5-1-7-25(10-19)18-15-4-6-22-17(15)23-12-24-18/h2-4,6,8,12,26H,1,5,7,9-11H2,(H,22,23,24). The Bertz CT molecular complexity index is 929. The van der Waals surface area contributed by atoms with Crippen LogP contribution in [0.2, 0.25) is 0 Å². The molecule has 0 aliphatic carbocycles. The number of aromatic amines is 1. The molecule has 3 heterocycles. The summed E-state index contributed by atoms with van der Waals surface area (Å²) in [6, 6.07) is 5.56. The molecule has 5 nitrogen and oxygen atoms in total. The number of hydrogen-bond acceptors (Lipinski definition) is 4. The fourth-order valence-electron chi connectivity index (χ4n) is 3.90. The van der Waals surface area contributed by atoms with E-state index in [2.05, 4.69) is 19.9 Å². The van der Waals surface area contributed by atoms with Gasteiger partial charge < -0.3 is 15.0 Å². The predicted molar refractivity (Wildman–Crippen MR) is 94.9 cm³/mol. The molecule has 1 aliphatic heterocycles. The van der Waals surface area contributed by atoms with Crippen molar-refractivity contribution in [2.24, 2.45) is 5.41 Å². The first-order valence-electron chi connectivity index (χ1n) is 8.68. The van der Waals surface area contributed by atoms with Crippen molar-refractivity contribution in [1.82, 2.24) is 15.0 Å². The van der Waals surface area contributed by atoms with Crippen LogP contribution in [0.15, 0.2) is 36.8 Å². The molecule has 2 aromatic heterocycles. The Balaban J connectivity index is 1.64. The zero-order valence-electron chi connectivity index (χ0n) is 14.3. The van der Waals surface area contributed by atoms with E-state index >= 15 is 0 Å². The minimum absolute atomic E-state index is 0.0678. The maximum atomic E-state index is 14.1. The summed E-state index contributed by atoms with van der Waals surface area (Å²) in [4.78, 5) is 13.8. The van der Waals surface area contributed by atoms with E-state index in [9.17, 15) is 13.9 Å². The van der Waals surface area contributed by atoms with Crippen LogP contribution in [0.25, 0.3) is 11.0 Å². The van der Waals surface area contributed by atoms with Gasteiger partial charge in [-0.05, 0) is 37.0 Å². The Hall–Kier alpha value is -2.54. The first-order valence-corrected chi connectivity index (χ1v) is 8.68. The second-order valence-corrected chi connectivity index (χ2v) is 7.03. The number of anilines is 1. The molecule has 1 saturated heterocycles. The van der Waals surface area contributed by atoms with Crippen LogP contribution in [-0.4, -0.2) is 39.8 Å². The van der Waals surface area contributed by atoms with Crippen molar-refractivity contribution in [3.63, 3.8) is 0 Å². The summed E-state index contributed by atoms with van der Waals surface area (Å²) in [6.45, 7) is 1.30. The molecule has 1 atom stereocenters. The molecule has 0 spiro atoms. The molecule has 4 rings (SSSR count). The maximum Gasteiger partial charge on any atom is 0.142 e. The molecule has 0 radical (unpaired) electrons. The monoisotopic (exact) mass is 358 g/mol. The minimum atomic E-state index is -0.592. The van der Waals surface area contributed by atoms with Gasteiger partial charge in [0.2, 0.25) is 0 Å². The highest BCUT2D eigenvalue weighted by atomic mass is 19.1. The third kappa shape index (κ3) is 3.03. The highest BCUT2D eigenvalue weighted by molar-refractivity contribution is 5.87. The number of H-pyrrole nitrogens is 1. The second kappa shape index (κ2) is 6.64. The Morgan fingerprint density at radius 2 is 2.12 bits per heavy atom. The first-order chi connectivity index (χ1) is 12.6. The van der Waals surface area contributed by atoms with E-state index in [1.54, 1.807) is 0 Å². The van der Waals surface area contributed by atoms with E-state index in [0.29, 0.717) is 18.5 Å². The molecule has 136 valence electrons. The zero-order valence-corrected chi connectivity index (χ0v) is 14.3. The van der Waals surface area contributed by atoms with E-state index in [1.165, 1.54) is 18.5 Å². The lowest BCUT2D eigenvalue weighted by molar-refractivity contribution is 0.104. The summed E-state index contributed by atoms with van der Waals surface area (Å²) in [7, 11) is 0. The number of aromatic nitrogens is 3. The fourth-order valence-corrected chi connectivity index (χ4v) is 3.90. The number of piperidine rings is 1. The first kappa shape index (κ1) is 16.9. The summed E-state index contributed by atoms with van der Waals surface area (Å²) >= 11 is 0. The summed E-state index contributed by atoms with van der Waals surface area (Å²) in [5.41, 5.74) is 0.696. The Morgan fingerprint density at radius 3 is 2.92 bits per heavy atom. The molecule has 0 amide bonds. The molecule has 2 N–H and O–H groups in total. The van der Waals surface area contributed by atoms with Crippen molar-refractivity contribution in [1.29, 1.82) is 0 Å². The number of aliphatic hydroxyl groups excluding tert-OH is 1. The quantitative estimate of drug-likeness (QED) is 0.752. The van der Waals surface area contributed by atoms with Gasteiger partial charge in [-0.15, -0.1) is 0 Å². The van der Waals surface area contributed by atoms with Gasteiger partial charge in [-0.1, -0.05) is 6.07 Å². The molecular weight excluding hydrogens is 338 g/mol. The van der Waals surface area contributed by atoms with Crippen LogP contribution >= 0.6 is 0 Å². The molecule has 1 fully saturated rings. The molecule has 7 heteroatoms. The van der Waals surface area contributed by atoms with Gasteiger partial charge in [0.05, 0.1) is 12.0 Å². The summed E-state index contributed by atoms with van der Waals surface area (Å²) in [5.74, 6) is -0.344. The molecule has 1 unspecified atom stereocenters. The number of hydrogen-bond donors (Lipinski definition) is 2. The van der Waals surface area contributed by atoms with Crippen molar-refractivity contribution in [3.8, 4) is 0 Å². The molecule has 1 aromatic carbocycles. The van der Waals surface area contributed by atoms with Crippen LogP contribution in [-0.2, 0) is 6.42 Å². The third-order valence-corrected chi connectivity index (χ3v) is 5.21. The van der Waals surface area contributed by atoms with Crippen LogP contribution in [0, 0.1) is 17.0 Å². The van der Waals surface area contributed by atoms with Crippen molar-refractivity contribution in [3.05, 3.63) is 54.0 Å². The van der Waals surface area contributed by atoms with Gasteiger partial charge in [0.1, 0.15) is 29.4 Å². The Kier molecular flexibility index (Phi) is 4.32. The highest BCUT2D eigenvalue weighted by Gasteiger charge is 2.37. The van der Waals surface area contributed by atoms with Gasteiger partial charge in [-0.2, -0.15) is 0 Å². The van der Waals surface area contributed by atoms with Gasteiger partial charge in [-0.25, -0.2) is 18.7 Å². The number of rotatable bonds is 4. The van der Waals surface area contributed by atoms with Crippen molar-refractivity contribution in [2.45, 2.75) is 19.3 Å². The van der Waals surface area contributed by atoms with Crippen molar-refractivity contribution in [2.75, 3.05) is 24.6 Å². The Morgan fingerprint density at radius 1 is 1.23 bits per heavy atom. The summed E-state index contributed by atoms with van der Waals surface area (Å²) in [6.07, 6.45) is 5.33. The minimum Gasteiger partial charge on any atom is -0.396 e. The predicted octanol–water partition coefficient (Wildman–Crippen LogP) is 3.06. The average Bonchev–Trinajstić information content (AvgIpc) is 3.13. The van der Waals surface area contributed by atoms with Crippen molar-refractivity contribution < 1.29 is 13.9 Å². The topological polar surface area (TPSA) is 65.0 Å². The number of benzene rings is 1. The van der Waals surface area contributed by atoms with Crippen LogP contribution in [0.5, 0.6) is 0 Å². The maximum absolute atomic E-state index is 14.1. The Labute approximate surface area is 149 Å². The molecular formula is C19H20F2N4O. The fraction of sp³-hybridized carbons (Fsp3) is 0.368. The van der Waals surface area contributed by atoms with Gasteiger partial charge >= 0.3 is 0 Å². The molecule has 0 bridgehead atoms. The van der Waals surface area contributed by atoms with E-state index in [4.69, 9.17) is 0 Å². The number of fused-ring (bicyclic) bond motifs is 1. The molecule has 26 heavy (non-hydrogen) atoms. The normalized spacial score (nSPS) is 20.7. The van der Waals surface area contributed by atoms with Gasteiger partial charge in [0.15, 0.2) is 0 Å². The lowest BCUT2D eigenvalue weighted by atomic mass is 9.75. The lowest BCUT2D eigenvalue weighted by Gasteiger charge is -2.42.